The first kappa shape index (κ1) is 17.1. The van der Waals surface area contributed by atoms with Crippen LogP contribution in [0.25, 0.3) is 0 Å². The van der Waals surface area contributed by atoms with Gasteiger partial charge in [0, 0.05) is 0 Å². The molecule has 0 aromatic heterocycles. The minimum atomic E-state index is 0.840. The fourth-order valence-corrected chi connectivity index (χ4v) is 5.30. The lowest BCUT2D eigenvalue weighted by Crippen LogP contribution is -2.24. The third-order valence-electron chi connectivity index (χ3n) is 6.50. The molecule has 0 spiro atoms. The Morgan fingerprint density at radius 1 is 0.522 bits per heavy atom. The Hall–Kier alpha value is -0.780. The van der Waals surface area contributed by atoms with Crippen LogP contribution in [0.3, 0.4) is 0 Å². The minimum Gasteiger partial charge on any atom is -0.0622 e. The van der Waals surface area contributed by atoms with Crippen molar-refractivity contribution in [2.45, 2.75) is 95.8 Å². The maximum Gasteiger partial charge on any atom is -0.0105 e. The van der Waals surface area contributed by atoms with Crippen LogP contribution in [-0.2, 0) is 0 Å². The maximum atomic E-state index is 2.43. The van der Waals surface area contributed by atoms with Gasteiger partial charge in [0.15, 0.2) is 0 Å². The summed E-state index contributed by atoms with van der Waals surface area (Å²) in [5.41, 5.74) is 1.66. The summed E-state index contributed by atoms with van der Waals surface area (Å²) in [6, 6.07) is 11.6. The summed E-state index contributed by atoms with van der Waals surface area (Å²) in [6.45, 7) is 0. The molecule has 0 unspecified atom stereocenters. The summed E-state index contributed by atoms with van der Waals surface area (Å²) in [5.74, 6) is 2.73. The Morgan fingerprint density at radius 2 is 0.913 bits per heavy atom. The predicted molar refractivity (Wildman–Crippen MR) is 101 cm³/mol. The highest BCUT2D eigenvalue weighted by Crippen LogP contribution is 2.44. The third-order valence-corrected chi connectivity index (χ3v) is 6.50. The Morgan fingerprint density at radius 3 is 1.35 bits per heavy atom. The van der Waals surface area contributed by atoms with Gasteiger partial charge in [0.05, 0.1) is 0 Å². The second-order valence-corrected chi connectivity index (χ2v) is 8.15. The highest BCUT2D eigenvalue weighted by molar-refractivity contribution is 5.21. The van der Waals surface area contributed by atoms with Crippen molar-refractivity contribution in [1.29, 1.82) is 0 Å². The van der Waals surface area contributed by atoms with Gasteiger partial charge in [-0.25, -0.2) is 0 Å². The van der Waals surface area contributed by atoms with E-state index in [-0.39, 0.29) is 0 Å². The van der Waals surface area contributed by atoms with Gasteiger partial charge in [-0.15, -0.1) is 0 Å². The molecule has 0 nitrogen and oxygen atoms in total. The molecule has 128 valence electrons. The molecule has 1 aromatic carbocycles. The maximum absolute atomic E-state index is 2.43. The van der Waals surface area contributed by atoms with Gasteiger partial charge in [-0.3, -0.25) is 0 Å². The summed E-state index contributed by atoms with van der Waals surface area (Å²) in [6.07, 6.45) is 20.7. The van der Waals surface area contributed by atoms with Crippen LogP contribution in [-0.4, -0.2) is 0 Å². The molecule has 0 radical (unpaired) electrons. The molecule has 0 N–H and O–H groups in total. The van der Waals surface area contributed by atoms with E-state index in [0.717, 1.165) is 17.8 Å². The lowest BCUT2D eigenvalue weighted by atomic mass is 9.69. The van der Waals surface area contributed by atoms with Crippen LogP contribution in [0.15, 0.2) is 30.3 Å². The van der Waals surface area contributed by atoms with Gasteiger partial charge in [-0.2, -0.15) is 0 Å². The number of rotatable bonds is 3. The van der Waals surface area contributed by atoms with Crippen LogP contribution in [0.1, 0.15) is 101 Å². The zero-order valence-corrected chi connectivity index (χ0v) is 15.0. The van der Waals surface area contributed by atoms with Gasteiger partial charge in [0.1, 0.15) is 0 Å². The largest absolute Gasteiger partial charge is 0.0622 e. The molecule has 0 bridgehead atoms. The van der Waals surface area contributed by atoms with Gasteiger partial charge < -0.3 is 0 Å². The Bertz CT molecular complexity index is 383. The highest BCUT2D eigenvalue weighted by Gasteiger charge is 2.30. The van der Waals surface area contributed by atoms with Crippen molar-refractivity contribution < 1.29 is 0 Å². The van der Waals surface area contributed by atoms with Gasteiger partial charge in [-0.1, -0.05) is 94.5 Å². The minimum absolute atomic E-state index is 0.840. The zero-order valence-electron chi connectivity index (χ0n) is 15.0. The lowest BCUT2D eigenvalue weighted by molar-refractivity contribution is 0.222. The summed E-state index contributed by atoms with van der Waals surface area (Å²) < 4.78 is 0. The smallest absolute Gasteiger partial charge is 0.0105 e. The summed E-state index contributed by atoms with van der Waals surface area (Å²) in [4.78, 5) is 0. The van der Waals surface area contributed by atoms with E-state index in [9.17, 15) is 0 Å². The molecule has 0 amide bonds. The number of benzene rings is 1. The van der Waals surface area contributed by atoms with E-state index in [4.69, 9.17) is 0 Å². The van der Waals surface area contributed by atoms with Crippen LogP contribution < -0.4 is 0 Å². The van der Waals surface area contributed by atoms with Gasteiger partial charge in [-0.05, 0) is 49.0 Å². The Balaban J connectivity index is 1.79. The molecule has 0 heterocycles. The molecule has 1 aromatic rings. The molecule has 0 saturated heterocycles. The summed E-state index contributed by atoms with van der Waals surface area (Å²) in [5, 5.41) is 0. The molecule has 0 heteroatoms. The van der Waals surface area contributed by atoms with Gasteiger partial charge >= 0.3 is 0 Å². The monoisotopic (exact) mass is 312 g/mol. The van der Waals surface area contributed by atoms with Crippen LogP contribution in [0.2, 0.25) is 0 Å². The lowest BCUT2D eigenvalue weighted by Gasteiger charge is -2.36. The van der Waals surface area contributed by atoms with Crippen molar-refractivity contribution in [1.82, 2.24) is 0 Å². The molecule has 2 aliphatic rings. The average Bonchev–Trinajstić information content (AvgIpc) is 2.52. The van der Waals surface area contributed by atoms with Gasteiger partial charge in [0.25, 0.3) is 0 Å². The predicted octanol–water partition coefficient (Wildman–Crippen LogP) is 7.49. The van der Waals surface area contributed by atoms with E-state index in [2.05, 4.69) is 30.3 Å². The first-order valence-corrected chi connectivity index (χ1v) is 10.5. The third kappa shape index (κ3) is 5.10. The molecule has 23 heavy (non-hydrogen) atoms. The summed E-state index contributed by atoms with van der Waals surface area (Å²) >= 11 is 0. The topological polar surface area (TPSA) is 0 Å². The van der Waals surface area contributed by atoms with Crippen molar-refractivity contribution in [3.05, 3.63) is 35.9 Å². The van der Waals surface area contributed by atoms with E-state index in [1.165, 1.54) is 89.9 Å². The van der Waals surface area contributed by atoms with Crippen molar-refractivity contribution in [2.75, 3.05) is 0 Å². The molecule has 3 rings (SSSR count). The SMILES string of the molecule is c1ccc(C(C2CCCCCCC2)C2CCCCCCC2)cc1. The fraction of sp³-hybridized carbons (Fsp3) is 0.739. The molecular weight excluding hydrogens is 276 g/mol. The van der Waals surface area contributed by atoms with E-state index in [0.29, 0.717) is 0 Å². The normalized spacial score (nSPS) is 23.0. The van der Waals surface area contributed by atoms with E-state index >= 15 is 0 Å². The van der Waals surface area contributed by atoms with E-state index in [1.807, 2.05) is 0 Å². The van der Waals surface area contributed by atoms with Crippen molar-refractivity contribution in [2.24, 2.45) is 11.8 Å². The molecule has 0 atom stereocenters. The molecular formula is C23H36. The van der Waals surface area contributed by atoms with Crippen molar-refractivity contribution in [3.63, 3.8) is 0 Å². The molecule has 2 saturated carbocycles. The Labute approximate surface area is 144 Å². The van der Waals surface area contributed by atoms with Crippen LogP contribution in [0.4, 0.5) is 0 Å². The Kier molecular flexibility index (Phi) is 7.04. The van der Waals surface area contributed by atoms with Crippen LogP contribution >= 0.6 is 0 Å². The first-order chi connectivity index (χ1) is 11.4. The second-order valence-electron chi connectivity index (χ2n) is 8.15. The van der Waals surface area contributed by atoms with Crippen molar-refractivity contribution in [3.8, 4) is 0 Å². The molecule has 2 aliphatic carbocycles. The quantitative estimate of drug-likeness (QED) is 0.542. The zero-order chi connectivity index (χ0) is 15.7. The average molecular weight is 313 g/mol. The first-order valence-electron chi connectivity index (χ1n) is 10.5. The molecule has 2 fully saturated rings. The number of hydrogen-bond donors (Lipinski definition) is 0. The van der Waals surface area contributed by atoms with E-state index < -0.39 is 0 Å². The van der Waals surface area contributed by atoms with Gasteiger partial charge in [0.2, 0.25) is 0 Å². The van der Waals surface area contributed by atoms with Crippen LogP contribution in [0, 0.1) is 11.8 Å². The van der Waals surface area contributed by atoms with Crippen molar-refractivity contribution >= 4 is 0 Å². The fourth-order valence-electron chi connectivity index (χ4n) is 5.30. The second kappa shape index (κ2) is 9.50. The standard InChI is InChI=1S/C23H36/c1-3-8-14-20(15-9-4-1)23(22-18-12-7-13-19-22)21-16-10-5-2-6-11-17-21/h7,12-13,18-21,23H,1-6,8-11,14-17H2. The molecule has 0 aliphatic heterocycles. The van der Waals surface area contributed by atoms with Crippen LogP contribution in [0.5, 0.6) is 0 Å². The number of hydrogen-bond acceptors (Lipinski definition) is 0. The summed E-state index contributed by atoms with van der Waals surface area (Å²) in [7, 11) is 0. The highest BCUT2D eigenvalue weighted by atomic mass is 14.4. The van der Waals surface area contributed by atoms with E-state index in [1.54, 1.807) is 5.56 Å².